The molecule has 1 aliphatic carbocycles. The molecule has 8 heteroatoms. The van der Waals surface area contributed by atoms with Crippen LogP contribution in [0.2, 0.25) is 0 Å². The van der Waals surface area contributed by atoms with Gasteiger partial charge in [-0.2, -0.15) is 0 Å². The third kappa shape index (κ3) is 7.10. The minimum atomic E-state index is -3.17. The Bertz CT molecular complexity index is 375. The first-order valence-corrected chi connectivity index (χ1v) is 8.10. The van der Waals surface area contributed by atoms with Crippen LogP contribution in [0.3, 0.4) is 0 Å². The van der Waals surface area contributed by atoms with Gasteiger partial charge < -0.3 is 11.1 Å². The maximum absolute atomic E-state index is 11.8. The van der Waals surface area contributed by atoms with E-state index in [1.807, 2.05) is 0 Å². The largest absolute Gasteiger partial charge is 0.355 e. The minimum absolute atomic E-state index is 0. The van der Waals surface area contributed by atoms with Crippen molar-refractivity contribution in [3.63, 3.8) is 0 Å². The maximum atomic E-state index is 11.8. The fourth-order valence-corrected chi connectivity index (χ4v) is 2.72. The van der Waals surface area contributed by atoms with Gasteiger partial charge in [0.1, 0.15) is 0 Å². The second kappa shape index (κ2) is 8.73. The molecule has 1 rings (SSSR count). The van der Waals surface area contributed by atoms with E-state index in [1.165, 1.54) is 0 Å². The van der Waals surface area contributed by atoms with Crippen molar-refractivity contribution in [3.8, 4) is 0 Å². The average molecular weight is 314 g/mol. The Morgan fingerprint density at radius 3 is 2.58 bits per heavy atom. The Labute approximate surface area is 121 Å². The summed E-state index contributed by atoms with van der Waals surface area (Å²) >= 11 is 0. The van der Waals surface area contributed by atoms with E-state index >= 15 is 0 Å². The molecule has 0 aromatic heterocycles. The van der Waals surface area contributed by atoms with Crippen molar-refractivity contribution in [1.82, 2.24) is 10.0 Å². The van der Waals surface area contributed by atoms with Crippen LogP contribution in [0.15, 0.2) is 0 Å². The molecule has 0 saturated heterocycles. The molecule has 1 amide bonds. The van der Waals surface area contributed by atoms with Crippen LogP contribution in [0, 0.1) is 5.92 Å². The predicted octanol–water partition coefficient (Wildman–Crippen LogP) is -0.0188. The Balaban J connectivity index is 0.00000324. The van der Waals surface area contributed by atoms with Crippen molar-refractivity contribution < 1.29 is 13.2 Å². The van der Waals surface area contributed by atoms with Gasteiger partial charge in [-0.15, -0.1) is 12.4 Å². The summed E-state index contributed by atoms with van der Waals surface area (Å²) in [5.41, 5.74) is 5.82. The molecular formula is C11H24ClN3O3S. The third-order valence-electron chi connectivity index (χ3n) is 3.21. The molecule has 1 fully saturated rings. The fourth-order valence-electron chi connectivity index (χ4n) is 2.10. The second-order valence-electron chi connectivity index (χ2n) is 4.71. The van der Waals surface area contributed by atoms with Gasteiger partial charge in [0.2, 0.25) is 15.9 Å². The highest BCUT2D eigenvalue weighted by molar-refractivity contribution is 7.89. The molecule has 6 nitrogen and oxygen atoms in total. The Morgan fingerprint density at radius 2 is 2.00 bits per heavy atom. The zero-order chi connectivity index (χ0) is 13.6. The van der Waals surface area contributed by atoms with Crippen LogP contribution >= 0.6 is 12.4 Å². The summed E-state index contributed by atoms with van der Waals surface area (Å²) in [7, 11) is -3.17. The number of nitrogens with one attached hydrogen (secondary N) is 2. The first kappa shape index (κ1) is 18.6. The average Bonchev–Trinajstić information content (AvgIpc) is 2.34. The second-order valence-corrected chi connectivity index (χ2v) is 6.81. The number of halogens is 1. The van der Waals surface area contributed by atoms with Crippen molar-refractivity contribution >= 4 is 28.3 Å². The summed E-state index contributed by atoms with van der Waals surface area (Å²) in [4.78, 5) is 11.8. The molecule has 0 radical (unpaired) electrons. The molecule has 0 aliphatic heterocycles. The topological polar surface area (TPSA) is 101 Å². The molecule has 0 spiro atoms. The van der Waals surface area contributed by atoms with Gasteiger partial charge in [-0.05, 0) is 26.2 Å². The van der Waals surface area contributed by atoms with E-state index in [4.69, 9.17) is 5.73 Å². The van der Waals surface area contributed by atoms with Gasteiger partial charge in [-0.1, -0.05) is 6.42 Å². The van der Waals surface area contributed by atoms with Crippen molar-refractivity contribution in [2.75, 3.05) is 18.8 Å². The van der Waals surface area contributed by atoms with E-state index in [-0.39, 0.29) is 42.6 Å². The van der Waals surface area contributed by atoms with Gasteiger partial charge in [0.05, 0.1) is 5.75 Å². The fraction of sp³-hybridized carbons (Fsp3) is 0.909. The summed E-state index contributed by atoms with van der Waals surface area (Å²) < 4.78 is 24.7. The lowest BCUT2D eigenvalue weighted by atomic mass is 9.85. The Kier molecular flexibility index (Phi) is 8.56. The Morgan fingerprint density at radius 1 is 1.32 bits per heavy atom. The molecule has 19 heavy (non-hydrogen) atoms. The number of rotatable bonds is 6. The van der Waals surface area contributed by atoms with Gasteiger partial charge >= 0.3 is 0 Å². The summed E-state index contributed by atoms with van der Waals surface area (Å²) in [5, 5.41) is 2.75. The number of carbonyl (C=O) groups excluding carboxylic acids is 1. The number of hydrogen-bond donors (Lipinski definition) is 3. The molecule has 114 valence electrons. The van der Waals surface area contributed by atoms with E-state index in [9.17, 15) is 13.2 Å². The van der Waals surface area contributed by atoms with E-state index in [2.05, 4.69) is 10.0 Å². The summed E-state index contributed by atoms with van der Waals surface area (Å²) in [6, 6.07) is 0.119. The lowest BCUT2D eigenvalue weighted by Crippen LogP contribution is -2.41. The van der Waals surface area contributed by atoms with Crippen LogP contribution in [-0.4, -0.2) is 39.2 Å². The van der Waals surface area contributed by atoms with Crippen LogP contribution in [0.5, 0.6) is 0 Å². The summed E-state index contributed by atoms with van der Waals surface area (Å²) in [5.74, 6) is 0.0238. The van der Waals surface area contributed by atoms with Gasteiger partial charge in [0.15, 0.2) is 0 Å². The van der Waals surface area contributed by atoms with Crippen molar-refractivity contribution in [2.45, 2.75) is 38.6 Å². The first-order chi connectivity index (χ1) is 8.44. The number of amides is 1. The third-order valence-corrected chi connectivity index (χ3v) is 4.62. The molecule has 1 aliphatic rings. The molecule has 0 aromatic rings. The quantitative estimate of drug-likeness (QED) is 0.600. The summed E-state index contributed by atoms with van der Waals surface area (Å²) in [6.45, 7) is 2.13. The SMILES string of the molecule is CCS(=O)(=O)NCCNC(=O)C1CCCC(N)C1.Cl. The molecule has 2 unspecified atom stereocenters. The van der Waals surface area contributed by atoms with Gasteiger partial charge in [0, 0.05) is 25.0 Å². The highest BCUT2D eigenvalue weighted by Crippen LogP contribution is 2.22. The van der Waals surface area contributed by atoms with Crippen molar-refractivity contribution in [3.05, 3.63) is 0 Å². The number of hydrogen-bond acceptors (Lipinski definition) is 4. The molecular weight excluding hydrogens is 290 g/mol. The molecule has 0 heterocycles. The van der Waals surface area contributed by atoms with E-state index in [0.29, 0.717) is 6.54 Å². The molecule has 0 bridgehead atoms. The zero-order valence-electron chi connectivity index (χ0n) is 11.2. The minimum Gasteiger partial charge on any atom is -0.355 e. The van der Waals surface area contributed by atoms with Gasteiger partial charge in [-0.3, -0.25) is 4.79 Å². The first-order valence-electron chi connectivity index (χ1n) is 6.45. The van der Waals surface area contributed by atoms with Crippen LogP contribution in [-0.2, 0) is 14.8 Å². The van der Waals surface area contributed by atoms with Crippen LogP contribution in [0.1, 0.15) is 32.6 Å². The van der Waals surface area contributed by atoms with Crippen LogP contribution in [0.4, 0.5) is 0 Å². The lowest BCUT2D eigenvalue weighted by molar-refractivity contribution is -0.126. The van der Waals surface area contributed by atoms with E-state index < -0.39 is 10.0 Å². The normalized spacial score (nSPS) is 23.5. The summed E-state index contributed by atoms with van der Waals surface area (Å²) in [6.07, 6.45) is 3.58. The highest BCUT2D eigenvalue weighted by atomic mass is 35.5. The Hall–Kier alpha value is -0.370. The van der Waals surface area contributed by atoms with Gasteiger partial charge in [-0.25, -0.2) is 13.1 Å². The molecule has 2 atom stereocenters. The lowest BCUT2D eigenvalue weighted by Gasteiger charge is -2.25. The number of nitrogens with two attached hydrogens (primary N) is 1. The van der Waals surface area contributed by atoms with E-state index in [1.54, 1.807) is 6.92 Å². The highest BCUT2D eigenvalue weighted by Gasteiger charge is 2.24. The van der Waals surface area contributed by atoms with Crippen molar-refractivity contribution in [2.24, 2.45) is 11.7 Å². The zero-order valence-corrected chi connectivity index (χ0v) is 12.9. The van der Waals surface area contributed by atoms with E-state index in [0.717, 1.165) is 25.7 Å². The number of sulfonamides is 1. The van der Waals surface area contributed by atoms with Crippen LogP contribution < -0.4 is 15.8 Å². The maximum Gasteiger partial charge on any atom is 0.223 e. The smallest absolute Gasteiger partial charge is 0.223 e. The van der Waals surface area contributed by atoms with Gasteiger partial charge in [0.25, 0.3) is 0 Å². The number of carbonyl (C=O) groups is 1. The molecule has 1 saturated carbocycles. The predicted molar refractivity (Wildman–Crippen MR) is 77.7 cm³/mol. The molecule has 4 N–H and O–H groups in total. The van der Waals surface area contributed by atoms with Crippen molar-refractivity contribution in [1.29, 1.82) is 0 Å². The molecule has 0 aromatic carbocycles. The van der Waals surface area contributed by atoms with Crippen LogP contribution in [0.25, 0.3) is 0 Å². The standard InChI is InChI=1S/C11H23N3O3S.ClH/c1-2-18(16,17)14-7-6-13-11(15)9-4-3-5-10(12)8-9;/h9-10,14H,2-8,12H2,1H3,(H,13,15);1H. The monoisotopic (exact) mass is 313 g/mol.